The van der Waals surface area contributed by atoms with Gasteiger partial charge in [0.2, 0.25) is 5.91 Å². The molecular formula is C21H19ClN4OS. The van der Waals surface area contributed by atoms with Gasteiger partial charge in [-0.05, 0) is 48.9 Å². The number of amides is 1. The molecule has 1 unspecified atom stereocenters. The van der Waals surface area contributed by atoms with Crippen LogP contribution in [0.1, 0.15) is 12.5 Å². The van der Waals surface area contributed by atoms with E-state index in [9.17, 15) is 4.79 Å². The lowest BCUT2D eigenvalue weighted by atomic mass is 10.1. The number of nitrogens with zero attached hydrogens (tertiary/aromatic N) is 3. The van der Waals surface area contributed by atoms with E-state index >= 15 is 0 Å². The van der Waals surface area contributed by atoms with E-state index in [-0.39, 0.29) is 11.8 Å². The maximum absolute atomic E-state index is 12.4. The van der Waals surface area contributed by atoms with Gasteiger partial charge in [0.15, 0.2) is 0 Å². The number of hydrogen-bond donors (Lipinski definition) is 1. The number of anilines is 1. The summed E-state index contributed by atoms with van der Waals surface area (Å²) in [5.41, 5.74) is 4.04. The zero-order valence-corrected chi connectivity index (χ0v) is 17.1. The van der Waals surface area contributed by atoms with Crippen LogP contribution in [0.15, 0.2) is 54.9 Å². The number of hydrogen-bond acceptors (Lipinski definition) is 4. The summed E-state index contributed by atoms with van der Waals surface area (Å²) >= 11 is 7.54. The van der Waals surface area contributed by atoms with Crippen molar-refractivity contribution in [3.05, 3.63) is 65.4 Å². The molecule has 0 bridgehead atoms. The summed E-state index contributed by atoms with van der Waals surface area (Å²) in [5, 5.41) is 8.60. The lowest BCUT2D eigenvalue weighted by Gasteiger charge is -2.12. The van der Waals surface area contributed by atoms with E-state index in [2.05, 4.69) is 29.5 Å². The Labute approximate surface area is 172 Å². The van der Waals surface area contributed by atoms with Gasteiger partial charge in [0.1, 0.15) is 5.01 Å². The first-order valence-electron chi connectivity index (χ1n) is 8.94. The molecule has 142 valence electrons. The number of aromatic nitrogens is 3. The third-order valence-electron chi connectivity index (χ3n) is 4.45. The monoisotopic (exact) mass is 410 g/mol. The highest BCUT2D eigenvalue weighted by Gasteiger charge is 2.15. The van der Waals surface area contributed by atoms with Crippen molar-refractivity contribution in [2.75, 3.05) is 5.32 Å². The minimum atomic E-state index is -0.233. The quantitative estimate of drug-likeness (QED) is 0.479. The molecule has 1 N–H and O–H groups in total. The van der Waals surface area contributed by atoms with Crippen molar-refractivity contribution in [3.8, 4) is 10.6 Å². The summed E-state index contributed by atoms with van der Waals surface area (Å²) in [5.74, 6) is -0.294. The Balaban J connectivity index is 1.44. The molecule has 0 saturated heterocycles. The summed E-state index contributed by atoms with van der Waals surface area (Å²) in [7, 11) is 0. The fourth-order valence-corrected chi connectivity index (χ4v) is 4.14. The second kappa shape index (κ2) is 7.73. The number of thiazole rings is 1. The normalized spacial score (nSPS) is 12.2. The van der Waals surface area contributed by atoms with Crippen LogP contribution in [0.2, 0.25) is 5.02 Å². The van der Waals surface area contributed by atoms with Gasteiger partial charge in [-0.2, -0.15) is 5.10 Å². The van der Waals surface area contributed by atoms with Crippen molar-refractivity contribution in [3.63, 3.8) is 0 Å². The number of benzene rings is 2. The highest BCUT2D eigenvalue weighted by molar-refractivity contribution is 7.21. The van der Waals surface area contributed by atoms with Crippen molar-refractivity contribution in [1.82, 2.24) is 14.8 Å². The van der Waals surface area contributed by atoms with Gasteiger partial charge >= 0.3 is 0 Å². The number of carbonyl (C=O) groups is 1. The Bertz CT molecular complexity index is 1130. The van der Waals surface area contributed by atoms with E-state index in [1.54, 1.807) is 28.4 Å². The summed E-state index contributed by atoms with van der Waals surface area (Å²) in [6, 6.07) is 14.1. The first-order chi connectivity index (χ1) is 13.5. The number of rotatable bonds is 5. The number of aryl methyl sites for hydroxylation is 1. The molecule has 0 spiro atoms. The van der Waals surface area contributed by atoms with Gasteiger partial charge in [-0.3, -0.25) is 9.48 Å². The van der Waals surface area contributed by atoms with E-state index in [1.807, 2.05) is 37.3 Å². The van der Waals surface area contributed by atoms with Gasteiger partial charge in [0.05, 0.1) is 33.9 Å². The van der Waals surface area contributed by atoms with E-state index < -0.39 is 0 Å². The van der Waals surface area contributed by atoms with E-state index in [0.717, 1.165) is 21.8 Å². The number of fused-ring (bicyclic) bond motifs is 1. The largest absolute Gasteiger partial charge is 0.326 e. The molecule has 0 radical (unpaired) electrons. The summed E-state index contributed by atoms with van der Waals surface area (Å²) in [4.78, 5) is 17.1. The SMILES string of the molecule is Cc1ccc2nc(-c3ccc(NC(=O)C(C)Cn4cc(Cl)cn4)cc3)sc2c1. The Morgan fingerprint density at radius 3 is 2.75 bits per heavy atom. The Hall–Kier alpha value is -2.70. The molecule has 0 aliphatic heterocycles. The predicted molar refractivity (Wildman–Crippen MR) is 115 cm³/mol. The molecule has 0 fully saturated rings. The second-order valence-corrected chi connectivity index (χ2v) is 8.31. The third kappa shape index (κ3) is 4.08. The minimum absolute atomic E-state index is 0.0603. The summed E-state index contributed by atoms with van der Waals surface area (Å²) < 4.78 is 2.85. The zero-order valence-electron chi connectivity index (χ0n) is 15.5. The van der Waals surface area contributed by atoms with Crippen LogP contribution < -0.4 is 5.32 Å². The van der Waals surface area contributed by atoms with Crippen molar-refractivity contribution in [2.45, 2.75) is 20.4 Å². The highest BCUT2D eigenvalue weighted by Crippen LogP contribution is 2.31. The van der Waals surface area contributed by atoms with Gasteiger partial charge in [0.25, 0.3) is 0 Å². The lowest BCUT2D eigenvalue weighted by molar-refractivity contribution is -0.119. The molecule has 4 aromatic rings. The van der Waals surface area contributed by atoms with Crippen LogP contribution in [-0.2, 0) is 11.3 Å². The Morgan fingerprint density at radius 1 is 1.25 bits per heavy atom. The molecule has 5 nitrogen and oxygen atoms in total. The fraction of sp³-hybridized carbons (Fsp3) is 0.190. The number of carbonyl (C=O) groups excluding carboxylic acids is 1. The molecule has 0 aliphatic carbocycles. The first-order valence-corrected chi connectivity index (χ1v) is 10.1. The van der Waals surface area contributed by atoms with Gasteiger partial charge < -0.3 is 5.32 Å². The molecule has 1 atom stereocenters. The average molecular weight is 411 g/mol. The Morgan fingerprint density at radius 2 is 2.04 bits per heavy atom. The molecular weight excluding hydrogens is 392 g/mol. The maximum Gasteiger partial charge on any atom is 0.229 e. The Kier molecular flexibility index (Phi) is 5.15. The van der Waals surface area contributed by atoms with E-state index in [4.69, 9.17) is 16.6 Å². The van der Waals surface area contributed by atoms with Crippen LogP contribution in [-0.4, -0.2) is 20.7 Å². The van der Waals surface area contributed by atoms with Crippen molar-refractivity contribution < 1.29 is 4.79 Å². The van der Waals surface area contributed by atoms with Gasteiger partial charge in [0, 0.05) is 17.4 Å². The lowest BCUT2D eigenvalue weighted by Crippen LogP contribution is -2.24. The average Bonchev–Trinajstić information content (AvgIpc) is 3.27. The predicted octanol–water partition coefficient (Wildman–Crippen LogP) is 5.40. The van der Waals surface area contributed by atoms with Crippen LogP contribution in [0.25, 0.3) is 20.8 Å². The first kappa shape index (κ1) is 18.7. The third-order valence-corrected chi connectivity index (χ3v) is 5.72. The fourth-order valence-electron chi connectivity index (χ4n) is 2.92. The van der Waals surface area contributed by atoms with Gasteiger partial charge in [-0.1, -0.05) is 24.6 Å². The number of halogens is 1. The van der Waals surface area contributed by atoms with Crippen LogP contribution in [0, 0.1) is 12.8 Å². The van der Waals surface area contributed by atoms with E-state index in [0.29, 0.717) is 11.6 Å². The van der Waals surface area contributed by atoms with Crippen molar-refractivity contribution in [2.24, 2.45) is 5.92 Å². The zero-order chi connectivity index (χ0) is 19.7. The number of nitrogens with one attached hydrogen (secondary N) is 1. The molecule has 7 heteroatoms. The van der Waals surface area contributed by atoms with Crippen molar-refractivity contribution >= 4 is 44.7 Å². The molecule has 0 aliphatic rings. The van der Waals surface area contributed by atoms with Crippen molar-refractivity contribution in [1.29, 1.82) is 0 Å². The molecule has 2 aromatic heterocycles. The molecule has 2 aromatic carbocycles. The second-order valence-electron chi connectivity index (χ2n) is 6.84. The maximum atomic E-state index is 12.4. The molecule has 28 heavy (non-hydrogen) atoms. The minimum Gasteiger partial charge on any atom is -0.326 e. The highest BCUT2D eigenvalue weighted by atomic mass is 35.5. The van der Waals surface area contributed by atoms with Crippen LogP contribution >= 0.6 is 22.9 Å². The molecule has 4 rings (SSSR count). The van der Waals surface area contributed by atoms with Gasteiger partial charge in [-0.15, -0.1) is 11.3 Å². The molecule has 1 amide bonds. The van der Waals surface area contributed by atoms with Crippen LogP contribution in [0.3, 0.4) is 0 Å². The standard InChI is InChI=1S/C21H19ClN4OS/c1-13-3-8-18-19(9-13)28-21(25-18)15-4-6-17(7-5-15)24-20(27)14(2)11-26-12-16(22)10-23-26/h3-10,12,14H,11H2,1-2H3,(H,24,27). The smallest absolute Gasteiger partial charge is 0.229 e. The molecule has 0 saturated carbocycles. The summed E-state index contributed by atoms with van der Waals surface area (Å²) in [6.45, 7) is 4.42. The summed E-state index contributed by atoms with van der Waals surface area (Å²) in [6.07, 6.45) is 3.27. The van der Waals surface area contributed by atoms with Crippen LogP contribution in [0.4, 0.5) is 5.69 Å². The van der Waals surface area contributed by atoms with Gasteiger partial charge in [-0.25, -0.2) is 4.98 Å². The molecule has 2 heterocycles. The van der Waals surface area contributed by atoms with E-state index in [1.165, 1.54) is 10.3 Å². The van der Waals surface area contributed by atoms with Crippen LogP contribution in [0.5, 0.6) is 0 Å². The topological polar surface area (TPSA) is 59.8 Å².